The molecule has 4 nitrogen and oxygen atoms in total. The fourth-order valence-corrected chi connectivity index (χ4v) is 2.89. The van der Waals surface area contributed by atoms with Crippen LogP contribution in [0.4, 0.5) is 0 Å². The smallest absolute Gasteiger partial charge is 0.237 e. The van der Waals surface area contributed by atoms with Crippen LogP contribution < -0.4 is 10.6 Å². The Kier molecular flexibility index (Phi) is 4.40. The normalized spacial score (nSPS) is 38.7. The second-order valence-corrected chi connectivity index (χ2v) is 5.57. The molecule has 1 saturated heterocycles. The third kappa shape index (κ3) is 3.42. The molecular weight excluding hydrogens is 216 g/mol. The van der Waals surface area contributed by atoms with Crippen molar-refractivity contribution in [3.8, 4) is 0 Å². The fourth-order valence-electron chi connectivity index (χ4n) is 2.89. The Morgan fingerprint density at radius 2 is 2.12 bits per heavy atom. The maximum absolute atomic E-state index is 12.0. The van der Waals surface area contributed by atoms with Crippen LogP contribution in [0.15, 0.2) is 0 Å². The van der Waals surface area contributed by atoms with E-state index in [-0.39, 0.29) is 24.1 Å². The molecule has 2 aliphatic rings. The molecule has 98 valence electrons. The van der Waals surface area contributed by atoms with Gasteiger partial charge in [0, 0.05) is 6.04 Å². The predicted octanol–water partition coefficient (Wildman–Crippen LogP) is 0.794. The van der Waals surface area contributed by atoms with E-state index in [4.69, 9.17) is 0 Å². The van der Waals surface area contributed by atoms with Gasteiger partial charge in [-0.15, -0.1) is 0 Å². The van der Waals surface area contributed by atoms with Gasteiger partial charge in [0.1, 0.15) is 0 Å². The minimum atomic E-state index is -0.184. The van der Waals surface area contributed by atoms with Crippen molar-refractivity contribution >= 4 is 5.91 Å². The van der Waals surface area contributed by atoms with E-state index in [0.29, 0.717) is 5.92 Å². The van der Waals surface area contributed by atoms with Gasteiger partial charge in [0.25, 0.3) is 0 Å². The van der Waals surface area contributed by atoms with Gasteiger partial charge in [-0.3, -0.25) is 4.79 Å². The van der Waals surface area contributed by atoms with E-state index < -0.39 is 0 Å². The number of piperidine rings is 1. The average Bonchev–Trinajstić information content (AvgIpc) is 2.35. The quantitative estimate of drug-likeness (QED) is 0.669. The number of rotatable bonds is 2. The average molecular weight is 240 g/mol. The van der Waals surface area contributed by atoms with Crippen molar-refractivity contribution in [2.75, 3.05) is 6.54 Å². The van der Waals surface area contributed by atoms with Gasteiger partial charge < -0.3 is 15.7 Å². The topological polar surface area (TPSA) is 61.4 Å². The van der Waals surface area contributed by atoms with Crippen LogP contribution >= 0.6 is 0 Å². The lowest BCUT2D eigenvalue weighted by Crippen LogP contribution is -2.51. The number of amides is 1. The van der Waals surface area contributed by atoms with Gasteiger partial charge in [-0.2, -0.15) is 0 Å². The third-order valence-corrected chi connectivity index (χ3v) is 4.10. The Hall–Kier alpha value is -0.610. The standard InChI is InChI=1S/C13H24N2O2/c1-9-8-10(5-6-12(9)16)15-13(17)11-4-2-3-7-14-11/h9-12,14,16H,2-8H2,1H3,(H,15,17)/t9-,10?,11?,12?/m1/s1. The van der Waals surface area contributed by atoms with Gasteiger partial charge in [-0.25, -0.2) is 0 Å². The summed E-state index contributed by atoms with van der Waals surface area (Å²) >= 11 is 0. The van der Waals surface area contributed by atoms with E-state index in [1.807, 2.05) is 0 Å². The second kappa shape index (κ2) is 5.83. The van der Waals surface area contributed by atoms with E-state index in [1.165, 1.54) is 6.42 Å². The summed E-state index contributed by atoms with van der Waals surface area (Å²) in [5.41, 5.74) is 0. The molecule has 3 unspecified atom stereocenters. The van der Waals surface area contributed by atoms with Crippen molar-refractivity contribution in [3.63, 3.8) is 0 Å². The summed E-state index contributed by atoms with van der Waals surface area (Å²) in [6.45, 7) is 3.01. The zero-order valence-electron chi connectivity index (χ0n) is 10.6. The third-order valence-electron chi connectivity index (χ3n) is 4.10. The molecule has 17 heavy (non-hydrogen) atoms. The highest BCUT2D eigenvalue weighted by atomic mass is 16.3. The highest BCUT2D eigenvalue weighted by molar-refractivity contribution is 5.82. The number of hydrogen-bond acceptors (Lipinski definition) is 3. The molecular formula is C13H24N2O2. The number of carbonyl (C=O) groups excluding carboxylic acids is 1. The first-order chi connectivity index (χ1) is 8.16. The van der Waals surface area contributed by atoms with Crippen LogP contribution in [0, 0.1) is 5.92 Å². The lowest BCUT2D eigenvalue weighted by Gasteiger charge is -2.33. The van der Waals surface area contributed by atoms with Gasteiger partial charge >= 0.3 is 0 Å². The number of nitrogens with one attached hydrogen (secondary N) is 2. The van der Waals surface area contributed by atoms with Gasteiger partial charge in [0.2, 0.25) is 5.91 Å². The zero-order valence-corrected chi connectivity index (χ0v) is 10.6. The van der Waals surface area contributed by atoms with Crippen molar-refractivity contribution in [1.82, 2.24) is 10.6 Å². The van der Waals surface area contributed by atoms with E-state index in [1.54, 1.807) is 0 Å². The van der Waals surface area contributed by atoms with Crippen LogP contribution in [0.3, 0.4) is 0 Å². The van der Waals surface area contributed by atoms with Gasteiger partial charge in [0.15, 0.2) is 0 Å². The van der Waals surface area contributed by atoms with Gasteiger partial charge in [-0.05, 0) is 44.6 Å². The first-order valence-corrected chi connectivity index (χ1v) is 6.88. The lowest BCUT2D eigenvalue weighted by molar-refractivity contribution is -0.125. The molecule has 1 aliphatic carbocycles. The molecule has 4 atom stereocenters. The molecule has 4 heteroatoms. The van der Waals surface area contributed by atoms with Crippen LogP contribution in [0.1, 0.15) is 45.4 Å². The van der Waals surface area contributed by atoms with Crippen LogP contribution in [0.5, 0.6) is 0 Å². The van der Waals surface area contributed by atoms with Crippen molar-refractivity contribution in [2.24, 2.45) is 5.92 Å². The SMILES string of the molecule is C[C@@H]1CC(NC(=O)C2CCCCN2)CCC1O. The molecule has 1 heterocycles. The molecule has 1 aliphatic heterocycles. The Bertz CT molecular complexity index is 264. The summed E-state index contributed by atoms with van der Waals surface area (Å²) in [5, 5.41) is 16.0. The summed E-state index contributed by atoms with van der Waals surface area (Å²) < 4.78 is 0. The zero-order chi connectivity index (χ0) is 12.3. The van der Waals surface area contributed by atoms with Crippen molar-refractivity contribution < 1.29 is 9.90 Å². The number of hydrogen-bond donors (Lipinski definition) is 3. The summed E-state index contributed by atoms with van der Waals surface area (Å²) in [6, 6.07) is 0.260. The molecule has 0 aromatic heterocycles. The number of aliphatic hydroxyl groups excluding tert-OH is 1. The number of carbonyl (C=O) groups is 1. The van der Waals surface area contributed by atoms with Crippen LogP contribution in [-0.2, 0) is 4.79 Å². The lowest BCUT2D eigenvalue weighted by atomic mass is 9.84. The van der Waals surface area contributed by atoms with Crippen molar-refractivity contribution in [3.05, 3.63) is 0 Å². The molecule has 2 rings (SSSR count). The van der Waals surface area contributed by atoms with Crippen molar-refractivity contribution in [1.29, 1.82) is 0 Å². The molecule has 0 bridgehead atoms. The summed E-state index contributed by atoms with van der Waals surface area (Å²) in [4.78, 5) is 12.0. The van der Waals surface area contributed by atoms with E-state index >= 15 is 0 Å². The Balaban J connectivity index is 1.78. The largest absolute Gasteiger partial charge is 0.393 e. The molecule has 0 radical (unpaired) electrons. The van der Waals surface area contributed by atoms with Crippen LogP contribution in [0.25, 0.3) is 0 Å². The minimum Gasteiger partial charge on any atom is -0.393 e. The van der Waals surface area contributed by atoms with E-state index in [9.17, 15) is 9.90 Å². The molecule has 0 aromatic rings. The van der Waals surface area contributed by atoms with Crippen LogP contribution in [0.2, 0.25) is 0 Å². The van der Waals surface area contributed by atoms with Gasteiger partial charge in [0.05, 0.1) is 12.1 Å². The summed E-state index contributed by atoms with van der Waals surface area (Å²) in [6.07, 6.45) is 5.71. The molecule has 2 fully saturated rings. The molecule has 0 spiro atoms. The Morgan fingerprint density at radius 1 is 1.29 bits per heavy atom. The molecule has 3 N–H and O–H groups in total. The summed E-state index contributed by atoms with van der Waals surface area (Å²) in [7, 11) is 0. The maximum atomic E-state index is 12.0. The second-order valence-electron chi connectivity index (χ2n) is 5.57. The highest BCUT2D eigenvalue weighted by Gasteiger charge is 2.29. The minimum absolute atomic E-state index is 0.00547. The Morgan fingerprint density at radius 3 is 2.76 bits per heavy atom. The Labute approximate surface area is 103 Å². The number of aliphatic hydroxyl groups is 1. The molecule has 1 saturated carbocycles. The summed E-state index contributed by atoms with van der Waals surface area (Å²) in [5.74, 6) is 0.451. The highest BCUT2D eigenvalue weighted by Crippen LogP contribution is 2.24. The van der Waals surface area contributed by atoms with E-state index in [2.05, 4.69) is 17.6 Å². The monoisotopic (exact) mass is 240 g/mol. The maximum Gasteiger partial charge on any atom is 0.237 e. The van der Waals surface area contributed by atoms with Crippen molar-refractivity contribution in [2.45, 2.75) is 63.6 Å². The first-order valence-electron chi connectivity index (χ1n) is 6.88. The molecule has 1 amide bonds. The first kappa shape index (κ1) is 12.8. The van der Waals surface area contributed by atoms with Crippen LogP contribution in [-0.4, -0.2) is 35.7 Å². The fraction of sp³-hybridized carbons (Fsp3) is 0.923. The molecule has 0 aromatic carbocycles. The predicted molar refractivity (Wildman–Crippen MR) is 66.6 cm³/mol. The van der Waals surface area contributed by atoms with E-state index in [0.717, 1.165) is 38.6 Å². The van der Waals surface area contributed by atoms with Gasteiger partial charge in [-0.1, -0.05) is 13.3 Å².